The molecule has 5 N–H and O–H groups in total. The first-order chi connectivity index (χ1) is 10.0. The lowest BCUT2D eigenvalue weighted by molar-refractivity contribution is -0.129. The standard InChI is InChI=1S/C14H30O6/c1-2-3-4-5-6-7-8-20-10-12(17)14(19)13(18)11(16)9-15/h11-19H,2-10H2,1H3/t11-,12-,13-,14-/m1/s1/i1D. The number of ether oxygens (including phenoxy) is 1. The first-order valence-electron chi connectivity index (χ1n) is 7.95. The molecule has 0 radical (unpaired) electrons. The predicted molar refractivity (Wildman–Crippen MR) is 75.3 cm³/mol. The third-order valence-corrected chi connectivity index (χ3v) is 3.15. The largest absolute Gasteiger partial charge is 0.394 e. The van der Waals surface area contributed by atoms with Crippen LogP contribution in [0.5, 0.6) is 0 Å². The molecule has 0 aromatic carbocycles. The van der Waals surface area contributed by atoms with Gasteiger partial charge in [-0.3, -0.25) is 0 Å². The molecule has 0 aliphatic rings. The molecule has 0 aliphatic carbocycles. The van der Waals surface area contributed by atoms with Crippen LogP contribution in [0.2, 0.25) is 0 Å². The van der Waals surface area contributed by atoms with E-state index in [4.69, 9.17) is 16.3 Å². The summed E-state index contributed by atoms with van der Waals surface area (Å²) in [5, 5.41) is 46.3. The molecule has 0 aliphatic heterocycles. The van der Waals surface area contributed by atoms with E-state index in [0.717, 1.165) is 38.5 Å². The van der Waals surface area contributed by atoms with Gasteiger partial charge in [-0.25, -0.2) is 0 Å². The van der Waals surface area contributed by atoms with Crippen molar-refractivity contribution in [3.8, 4) is 0 Å². The monoisotopic (exact) mass is 295 g/mol. The summed E-state index contributed by atoms with van der Waals surface area (Å²) in [5.41, 5.74) is 0. The number of aliphatic hydroxyl groups is 5. The molecule has 6 heteroatoms. The second kappa shape index (κ2) is 12.5. The highest BCUT2D eigenvalue weighted by Crippen LogP contribution is 2.07. The van der Waals surface area contributed by atoms with Crippen LogP contribution in [0.15, 0.2) is 0 Å². The van der Waals surface area contributed by atoms with Crippen LogP contribution < -0.4 is 0 Å². The lowest BCUT2D eigenvalue weighted by atomic mass is 10.0. The molecule has 0 fully saturated rings. The number of hydrogen-bond donors (Lipinski definition) is 5. The van der Waals surface area contributed by atoms with E-state index in [1.807, 2.05) is 0 Å². The third kappa shape index (κ3) is 8.84. The van der Waals surface area contributed by atoms with Crippen LogP contribution in [0.1, 0.15) is 46.8 Å². The highest BCUT2D eigenvalue weighted by molar-refractivity contribution is 4.80. The van der Waals surface area contributed by atoms with Gasteiger partial charge in [-0.1, -0.05) is 39.0 Å². The summed E-state index contributed by atoms with van der Waals surface area (Å²) in [6, 6.07) is 0. The lowest BCUT2D eigenvalue weighted by Gasteiger charge is -2.25. The Kier molecular flexibility index (Phi) is 11.1. The van der Waals surface area contributed by atoms with Crippen LogP contribution in [0.4, 0.5) is 0 Å². The Balaban J connectivity index is 3.54. The third-order valence-electron chi connectivity index (χ3n) is 3.15. The smallest absolute Gasteiger partial charge is 0.111 e. The molecule has 6 nitrogen and oxygen atoms in total. The van der Waals surface area contributed by atoms with Gasteiger partial charge in [-0.15, -0.1) is 0 Å². The quantitative estimate of drug-likeness (QED) is 0.301. The summed E-state index contributed by atoms with van der Waals surface area (Å²) in [7, 11) is 0. The van der Waals surface area contributed by atoms with Crippen molar-refractivity contribution in [2.45, 2.75) is 69.8 Å². The molecule has 122 valence electrons. The highest BCUT2D eigenvalue weighted by Gasteiger charge is 2.29. The van der Waals surface area contributed by atoms with Crippen molar-refractivity contribution >= 4 is 0 Å². The molecule has 20 heavy (non-hydrogen) atoms. The SMILES string of the molecule is [2H]CCCCCCCCOC[C@@H](O)[C@@H](O)[C@H](O)[C@H](O)CO. The molecule has 0 rings (SSSR count). The van der Waals surface area contributed by atoms with Crippen molar-refractivity contribution in [2.75, 3.05) is 19.8 Å². The number of hydrogen-bond acceptors (Lipinski definition) is 6. The van der Waals surface area contributed by atoms with Crippen molar-refractivity contribution in [1.29, 1.82) is 0 Å². The Morgan fingerprint density at radius 3 is 2.15 bits per heavy atom. The fourth-order valence-electron chi connectivity index (χ4n) is 1.78. The maximum absolute atomic E-state index is 9.59. The van der Waals surface area contributed by atoms with Crippen molar-refractivity contribution < 1.29 is 31.6 Å². The second-order valence-electron chi connectivity index (χ2n) is 4.99. The number of aliphatic hydroxyl groups excluding tert-OH is 5. The minimum atomic E-state index is -1.61. The molecule has 0 aromatic heterocycles. The van der Waals surface area contributed by atoms with E-state index in [0.29, 0.717) is 13.5 Å². The summed E-state index contributed by atoms with van der Waals surface area (Å²) < 4.78 is 12.2. The Bertz CT molecular complexity index is 232. The van der Waals surface area contributed by atoms with E-state index >= 15 is 0 Å². The van der Waals surface area contributed by atoms with Crippen LogP contribution in [0, 0.1) is 0 Å². The Hall–Kier alpha value is -0.240. The van der Waals surface area contributed by atoms with E-state index in [9.17, 15) is 15.3 Å². The molecular formula is C14H30O6. The first-order valence-corrected chi connectivity index (χ1v) is 7.24. The van der Waals surface area contributed by atoms with Gasteiger partial charge in [0.1, 0.15) is 24.4 Å². The number of rotatable bonds is 13. The average Bonchev–Trinajstić information content (AvgIpc) is 2.50. The van der Waals surface area contributed by atoms with E-state index in [1.54, 1.807) is 0 Å². The van der Waals surface area contributed by atoms with Crippen LogP contribution in [0.3, 0.4) is 0 Å². The average molecular weight is 295 g/mol. The summed E-state index contributed by atoms with van der Waals surface area (Å²) in [6.07, 6.45) is 0.150. The molecular weight excluding hydrogens is 264 g/mol. The minimum absolute atomic E-state index is 0.130. The Morgan fingerprint density at radius 2 is 1.50 bits per heavy atom. The summed E-state index contributed by atoms with van der Waals surface area (Å²) >= 11 is 0. The number of unbranched alkanes of at least 4 members (excludes halogenated alkanes) is 5. The van der Waals surface area contributed by atoms with Gasteiger partial charge in [-0.05, 0) is 6.42 Å². The maximum atomic E-state index is 9.59. The zero-order valence-electron chi connectivity index (χ0n) is 13.0. The van der Waals surface area contributed by atoms with Crippen molar-refractivity contribution in [1.82, 2.24) is 0 Å². The fraction of sp³-hybridized carbons (Fsp3) is 1.00. The lowest BCUT2D eigenvalue weighted by Crippen LogP contribution is -2.47. The highest BCUT2D eigenvalue weighted by atomic mass is 16.5. The topological polar surface area (TPSA) is 110 Å². The van der Waals surface area contributed by atoms with Crippen LogP contribution in [0.25, 0.3) is 0 Å². The summed E-state index contributed by atoms with van der Waals surface area (Å²) in [4.78, 5) is 0. The van der Waals surface area contributed by atoms with Gasteiger partial charge >= 0.3 is 0 Å². The van der Waals surface area contributed by atoms with Gasteiger partial charge < -0.3 is 30.3 Å². The Labute approximate surface area is 122 Å². The van der Waals surface area contributed by atoms with Gasteiger partial charge in [0.05, 0.1) is 13.2 Å². The van der Waals surface area contributed by atoms with Crippen molar-refractivity contribution in [3.63, 3.8) is 0 Å². The van der Waals surface area contributed by atoms with Crippen LogP contribution in [-0.2, 0) is 4.74 Å². The van der Waals surface area contributed by atoms with Crippen LogP contribution >= 0.6 is 0 Å². The van der Waals surface area contributed by atoms with Crippen molar-refractivity contribution in [3.05, 3.63) is 0 Å². The van der Waals surface area contributed by atoms with Crippen molar-refractivity contribution in [2.24, 2.45) is 0 Å². The maximum Gasteiger partial charge on any atom is 0.111 e. The van der Waals surface area contributed by atoms with E-state index in [1.165, 1.54) is 0 Å². The summed E-state index contributed by atoms with van der Waals surface area (Å²) in [6.45, 7) is 0.127. The van der Waals surface area contributed by atoms with Gasteiger partial charge in [0.15, 0.2) is 0 Å². The van der Waals surface area contributed by atoms with E-state index < -0.39 is 31.0 Å². The predicted octanol–water partition coefficient (Wildman–Crippen LogP) is -0.201. The van der Waals surface area contributed by atoms with E-state index in [2.05, 4.69) is 0 Å². The zero-order chi connectivity index (χ0) is 16.1. The molecule has 0 saturated heterocycles. The normalized spacial score (nSPS) is 18.4. The van der Waals surface area contributed by atoms with Gasteiger partial charge in [-0.2, -0.15) is 0 Å². The molecule has 0 spiro atoms. The molecule has 0 aromatic rings. The zero-order valence-corrected chi connectivity index (χ0v) is 12.0. The van der Waals surface area contributed by atoms with Gasteiger partial charge in [0.2, 0.25) is 0 Å². The summed E-state index contributed by atoms with van der Waals surface area (Å²) in [5.74, 6) is 0. The molecule has 0 unspecified atom stereocenters. The van der Waals surface area contributed by atoms with E-state index in [-0.39, 0.29) is 6.61 Å². The van der Waals surface area contributed by atoms with Gasteiger partial charge in [0.25, 0.3) is 0 Å². The first kappa shape index (κ1) is 17.8. The molecule has 4 atom stereocenters. The second-order valence-corrected chi connectivity index (χ2v) is 4.99. The minimum Gasteiger partial charge on any atom is -0.394 e. The molecule has 0 saturated carbocycles. The molecule has 0 amide bonds. The molecule has 0 heterocycles. The fourth-order valence-corrected chi connectivity index (χ4v) is 1.78. The van der Waals surface area contributed by atoms with Crippen LogP contribution in [-0.4, -0.2) is 69.8 Å². The molecule has 0 bridgehead atoms. The van der Waals surface area contributed by atoms with Gasteiger partial charge in [0, 0.05) is 7.98 Å². The Morgan fingerprint density at radius 1 is 0.900 bits per heavy atom.